The van der Waals surface area contributed by atoms with Gasteiger partial charge in [0.05, 0.1) is 25.0 Å². The Kier molecular flexibility index (Phi) is 12.0. The first-order valence-corrected chi connectivity index (χ1v) is 9.51. The van der Waals surface area contributed by atoms with Crippen LogP contribution in [0.1, 0.15) is 32.6 Å². The summed E-state index contributed by atoms with van der Waals surface area (Å²) in [6, 6.07) is -6.56. The van der Waals surface area contributed by atoms with Crippen LogP contribution >= 0.6 is 0 Å². The Bertz CT molecular complexity index is 786. The number of aliphatic hydroxyl groups is 1. The SMILES string of the molecule is CC(O)C(NC(=O)C(CCC(N)=O)NC(=O)C(CC(N)=O)NC(=O)C(N)CC(=O)O)C(=O)O. The number of hydrogen-bond acceptors (Lipinski definition) is 9. The summed E-state index contributed by atoms with van der Waals surface area (Å²) in [7, 11) is 0. The van der Waals surface area contributed by atoms with Crippen LogP contribution in [0.15, 0.2) is 0 Å². The normalized spacial score (nSPS) is 15.1. The van der Waals surface area contributed by atoms with Gasteiger partial charge in [-0.3, -0.25) is 28.8 Å². The molecule has 186 valence electrons. The maximum Gasteiger partial charge on any atom is 0.328 e. The molecular weight excluding hydrogens is 448 g/mol. The average Bonchev–Trinajstić information content (AvgIpc) is 2.66. The number of carbonyl (C=O) groups is 7. The van der Waals surface area contributed by atoms with Crippen molar-refractivity contribution in [3.63, 3.8) is 0 Å². The van der Waals surface area contributed by atoms with Crippen molar-refractivity contribution in [2.45, 2.75) is 62.9 Å². The number of carbonyl (C=O) groups excluding carboxylic acids is 5. The second-order valence-electron chi connectivity index (χ2n) is 7.07. The molecular formula is C17H28N6O10. The topological polar surface area (TPSA) is 294 Å². The Hall–Kier alpha value is -3.79. The lowest BCUT2D eigenvalue weighted by Gasteiger charge is -2.25. The third-order valence-electron chi connectivity index (χ3n) is 4.13. The van der Waals surface area contributed by atoms with Gasteiger partial charge in [-0.15, -0.1) is 0 Å². The van der Waals surface area contributed by atoms with Crippen LogP contribution in [0.3, 0.4) is 0 Å². The van der Waals surface area contributed by atoms with Gasteiger partial charge in [-0.1, -0.05) is 0 Å². The first kappa shape index (κ1) is 29.2. The predicted octanol–water partition coefficient (Wildman–Crippen LogP) is -5.15. The molecule has 5 atom stereocenters. The Morgan fingerprint density at radius 2 is 1.30 bits per heavy atom. The molecule has 5 unspecified atom stereocenters. The molecule has 0 aromatic heterocycles. The lowest BCUT2D eigenvalue weighted by molar-refractivity contribution is -0.145. The van der Waals surface area contributed by atoms with Crippen molar-refractivity contribution in [1.29, 1.82) is 0 Å². The van der Waals surface area contributed by atoms with Crippen molar-refractivity contribution in [3.05, 3.63) is 0 Å². The van der Waals surface area contributed by atoms with Crippen LogP contribution in [0.25, 0.3) is 0 Å². The highest BCUT2D eigenvalue weighted by Gasteiger charge is 2.32. The van der Waals surface area contributed by atoms with E-state index in [4.69, 9.17) is 27.4 Å². The Morgan fingerprint density at radius 3 is 1.73 bits per heavy atom. The van der Waals surface area contributed by atoms with Gasteiger partial charge in [0.1, 0.15) is 12.1 Å². The maximum atomic E-state index is 12.6. The number of carboxylic acids is 2. The van der Waals surface area contributed by atoms with Crippen LogP contribution in [0.4, 0.5) is 0 Å². The molecule has 0 aliphatic rings. The van der Waals surface area contributed by atoms with Gasteiger partial charge in [0.15, 0.2) is 6.04 Å². The fraction of sp³-hybridized carbons (Fsp3) is 0.588. The van der Waals surface area contributed by atoms with Crippen molar-refractivity contribution in [2.24, 2.45) is 17.2 Å². The molecule has 12 N–H and O–H groups in total. The van der Waals surface area contributed by atoms with Gasteiger partial charge in [-0.05, 0) is 13.3 Å². The zero-order valence-electron chi connectivity index (χ0n) is 17.6. The van der Waals surface area contributed by atoms with E-state index in [0.717, 1.165) is 6.92 Å². The number of aliphatic hydroxyl groups excluding tert-OH is 1. The van der Waals surface area contributed by atoms with E-state index >= 15 is 0 Å². The molecule has 0 saturated heterocycles. The summed E-state index contributed by atoms with van der Waals surface area (Å²) in [5, 5.41) is 33.5. The molecule has 0 spiro atoms. The zero-order chi connectivity index (χ0) is 25.9. The van der Waals surface area contributed by atoms with Crippen molar-refractivity contribution in [3.8, 4) is 0 Å². The van der Waals surface area contributed by atoms with Gasteiger partial charge in [0, 0.05) is 6.42 Å². The molecule has 0 saturated carbocycles. The first-order chi connectivity index (χ1) is 15.1. The number of primary amides is 2. The van der Waals surface area contributed by atoms with Crippen molar-refractivity contribution < 1.29 is 48.9 Å². The Labute approximate surface area is 187 Å². The third kappa shape index (κ3) is 11.4. The molecule has 0 aromatic rings. The second kappa shape index (κ2) is 13.6. The van der Waals surface area contributed by atoms with E-state index in [9.17, 15) is 38.7 Å². The smallest absolute Gasteiger partial charge is 0.328 e. The summed E-state index contributed by atoms with van der Waals surface area (Å²) in [4.78, 5) is 81.4. The predicted molar refractivity (Wildman–Crippen MR) is 108 cm³/mol. The van der Waals surface area contributed by atoms with E-state index in [2.05, 4.69) is 5.32 Å². The highest BCUT2D eigenvalue weighted by atomic mass is 16.4. The monoisotopic (exact) mass is 476 g/mol. The quantitative estimate of drug-likeness (QED) is 0.108. The summed E-state index contributed by atoms with van der Waals surface area (Å²) in [5.74, 6) is -8.22. The molecule has 0 radical (unpaired) electrons. The molecule has 5 amide bonds. The van der Waals surface area contributed by atoms with Gasteiger partial charge < -0.3 is 48.5 Å². The molecule has 0 aromatic carbocycles. The maximum absolute atomic E-state index is 12.6. The minimum absolute atomic E-state index is 0.394. The highest BCUT2D eigenvalue weighted by Crippen LogP contribution is 2.03. The standard InChI is InChI=1S/C17H28N6O10/c1-6(24)13(17(32)33)23-15(30)8(2-3-10(19)25)21-16(31)9(5-11(20)26)22-14(29)7(18)4-12(27)28/h6-9,13,24H,2-5,18H2,1H3,(H2,19,25)(H2,20,26)(H,21,31)(H,22,29)(H,23,30)(H,27,28)(H,32,33). The summed E-state index contributed by atoms with van der Waals surface area (Å²) < 4.78 is 0. The molecule has 0 rings (SSSR count). The van der Waals surface area contributed by atoms with E-state index in [1.54, 1.807) is 0 Å². The van der Waals surface area contributed by atoms with Crippen molar-refractivity contribution >= 4 is 41.5 Å². The number of nitrogens with two attached hydrogens (primary N) is 3. The van der Waals surface area contributed by atoms with E-state index in [1.807, 2.05) is 10.6 Å². The summed E-state index contributed by atoms with van der Waals surface area (Å²) in [6.07, 6.45) is -3.87. The molecule has 16 heteroatoms. The number of carboxylic acid groups (broad SMARTS) is 2. The number of amides is 5. The molecule has 0 bridgehead atoms. The van der Waals surface area contributed by atoms with Crippen LogP contribution in [0.5, 0.6) is 0 Å². The van der Waals surface area contributed by atoms with E-state index < -0.39 is 97.4 Å². The van der Waals surface area contributed by atoms with Crippen LogP contribution in [0, 0.1) is 0 Å². The fourth-order valence-corrected chi connectivity index (χ4v) is 2.44. The second-order valence-corrected chi connectivity index (χ2v) is 7.07. The number of rotatable bonds is 15. The lowest BCUT2D eigenvalue weighted by Crippen LogP contribution is -2.59. The molecule has 0 aliphatic heterocycles. The van der Waals surface area contributed by atoms with Gasteiger partial charge >= 0.3 is 11.9 Å². The van der Waals surface area contributed by atoms with Gasteiger partial charge in [0.25, 0.3) is 0 Å². The highest BCUT2D eigenvalue weighted by molar-refractivity contribution is 5.96. The van der Waals surface area contributed by atoms with Gasteiger partial charge in [0.2, 0.25) is 29.5 Å². The largest absolute Gasteiger partial charge is 0.481 e. The zero-order valence-corrected chi connectivity index (χ0v) is 17.6. The van der Waals surface area contributed by atoms with Crippen LogP contribution in [-0.4, -0.2) is 87.1 Å². The van der Waals surface area contributed by atoms with Crippen LogP contribution < -0.4 is 33.2 Å². The first-order valence-electron chi connectivity index (χ1n) is 9.51. The fourth-order valence-electron chi connectivity index (χ4n) is 2.44. The Morgan fingerprint density at radius 1 is 0.788 bits per heavy atom. The average molecular weight is 476 g/mol. The molecule has 0 heterocycles. The molecule has 0 aliphatic carbocycles. The minimum atomic E-state index is -1.75. The van der Waals surface area contributed by atoms with Gasteiger partial charge in [-0.25, -0.2) is 4.79 Å². The van der Waals surface area contributed by atoms with Crippen LogP contribution in [0.2, 0.25) is 0 Å². The Balaban J connectivity index is 5.60. The number of aliphatic carboxylic acids is 2. The summed E-state index contributed by atoms with van der Waals surface area (Å²) in [6.45, 7) is 1.09. The minimum Gasteiger partial charge on any atom is -0.481 e. The van der Waals surface area contributed by atoms with Crippen LogP contribution in [-0.2, 0) is 33.6 Å². The molecule has 33 heavy (non-hydrogen) atoms. The summed E-state index contributed by atoms with van der Waals surface area (Å²) >= 11 is 0. The summed E-state index contributed by atoms with van der Waals surface area (Å²) in [5.41, 5.74) is 15.5. The van der Waals surface area contributed by atoms with Gasteiger partial charge in [-0.2, -0.15) is 0 Å². The number of nitrogens with one attached hydrogen (secondary N) is 3. The van der Waals surface area contributed by atoms with E-state index in [0.29, 0.717) is 0 Å². The third-order valence-corrected chi connectivity index (χ3v) is 4.13. The number of hydrogen-bond donors (Lipinski definition) is 9. The van der Waals surface area contributed by atoms with Crippen molar-refractivity contribution in [2.75, 3.05) is 0 Å². The van der Waals surface area contributed by atoms with E-state index in [1.165, 1.54) is 0 Å². The lowest BCUT2D eigenvalue weighted by atomic mass is 10.1. The molecule has 16 nitrogen and oxygen atoms in total. The van der Waals surface area contributed by atoms with Crippen molar-refractivity contribution in [1.82, 2.24) is 16.0 Å². The van der Waals surface area contributed by atoms with E-state index in [-0.39, 0.29) is 0 Å². The molecule has 0 fully saturated rings.